The van der Waals surface area contributed by atoms with Gasteiger partial charge in [-0.3, -0.25) is 4.99 Å². The number of aryl methyl sites for hydroxylation is 1. The van der Waals surface area contributed by atoms with Gasteiger partial charge in [0.2, 0.25) is 0 Å². The van der Waals surface area contributed by atoms with Crippen LogP contribution in [0.1, 0.15) is 43.4 Å². The lowest BCUT2D eigenvalue weighted by Gasteiger charge is -2.14. The quantitative estimate of drug-likeness (QED) is 0.578. The van der Waals surface area contributed by atoms with Crippen LogP contribution >= 0.6 is 0 Å². The summed E-state index contributed by atoms with van der Waals surface area (Å²) in [7, 11) is 1.78. The first kappa shape index (κ1) is 19.2. The number of aliphatic imine (C=N–C) groups is 1. The second-order valence-electron chi connectivity index (χ2n) is 6.64. The molecule has 146 valence electrons. The third-order valence-electron chi connectivity index (χ3n) is 4.77. The van der Waals surface area contributed by atoms with Crippen LogP contribution in [0.15, 0.2) is 29.3 Å². The monoisotopic (exact) mass is 370 g/mol. The molecule has 0 saturated carbocycles. The summed E-state index contributed by atoms with van der Waals surface area (Å²) in [5, 5.41) is 15.5. The Balaban J connectivity index is 1.50. The molecule has 0 radical (unpaired) electrons. The minimum Gasteiger partial charge on any atom is -0.494 e. The van der Waals surface area contributed by atoms with Gasteiger partial charge in [0.05, 0.1) is 6.61 Å². The van der Waals surface area contributed by atoms with Crippen molar-refractivity contribution in [2.75, 3.05) is 20.2 Å². The number of benzene rings is 1. The highest BCUT2D eigenvalue weighted by Crippen LogP contribution is 2.17. The fourth-order valence-electron chi connectivity index (χ4n) is 3.37. The van der Waals surface area contributed by atoms with Gasteiger partial charge in [0.25, 0.3) is 0 Å². The van der Waals surface area contributed by atoms with Crippen molar-refractivity contribution in [1.29, 1.82) is 0 Å². The molecule has 1 aromatic carbocycles. The zero-order chi connectivity index (χ0) is 18.9. The summed E-state index contributed by atoms with van der Waals surface area (Å²) in [6.45, 7) is 5.13. The molecule has 0 fully saturated rings. The molecule has 1 aliphatic heterocycles. The van der Waals surface area contributed by atoms with Crippen molar-refractivity contribution in [2.45, 2.75) is 52.1 Å². The normalized spacial score (nSPS) is 14.4. The molecule has 1 aliphatic rings. The van der Waals surface area contributed by atoms with E-state index in [9.17, 15) is 0 Å². The summed E-state index contributed by atoms with van der Waals surface area (Å²) in [6.07, 6.45) is 5.59. The van der Waals surface area contributed by atoms with E-state index in [1.54, 1.807) is 7.05 Å². The average molecular weight is 371 g/mol. The van der Waals surface area contributed by atoms with Crippen LogP contribution in [-0.4, -0.2) is 40.9 Å². The van der Waals surface area contributed by atoms with E-state index in [1.165, 1.54) is 19.3 Å². The van der Waals surface area contributed by atoms with E-state index in [2.05, 4.69) is 36.5 Å². The van der Waals surface area contributed by atoms with Crippen molar-refractivity contribution in [3.63, 3.8) is 0 Å². The highest BCUT2D eigenvalue weighted by atomic mass is 16.5. The molecule has 7 nitrogen and oxygen atoms in total. The van der Waals surface area contributed by atoms with Crippen LogP contribution in [0.2, 0.25) is 0 Å². The third kappa shape index (κ3) is 5.21. The number of rotatable bonds is 7. The van der Waals surface area contributed by atoms with Gasteiger partial charge in [-0.25, -0.2) is 0 Å². The first-order valence-corrected chi connectivity index (χ1v) is 9.88. The predicted octanol–water partition coefficient (Wildman–Crippen LogP) is 2.31. The molecule has 7 heteroatoms. The number of hydrogen-bond acceptors (Lipinski definition) is 4. The lowest BCUT2D eigenvalue weighted by Crippen LogP contribution is -2.38. The second-order valence-corrected chi connectivity index (χ2v) is 6.64. The summed E-state index contributed by atoms with van der Waals surface area (Å²) in [4.78, 5) is 4.31. The first-order valence-electron chi connectivity index (χ1n) is 9.88. The van der Waals surface area contributed by atoms with Crippen LogP contribution in [0.25, 0.3) is 0 Å². The van der Waals surface area contributed by atoms with Crippen LogP contribution in [0.3, 0.4) is 0 Å². The summed E-state index contributed by atoms with van der Waals surface area (Å²) in [6, 6.07) is 8.07. The standard InChI is InChI=1S/C20H30N6O/c1-3-27-17-10-7-6-9-16(17)15-23-20(21-2)22-13-12-19-25-24-18-11-5-4-8-14-26(18)19/h6-7,9-10H,3-5,8,11-15H2,1-2H3,(H2,21,22,23). The molecule has 0 spiro atoms. The predicted molar refractivity (Wildman–Crippen MR) is 107 cm³/mol. The van der Waals surface area contributed by atoms with E-state index in [1.807, 2.05) is 25.1 Å². The Bertz CT molecular complexity index is 755. The zero-order valence-corrected chi connectivity index (χ0v) is 16.4. The van der Waals surface area contributed by atoms with Gasteiger partial charge in [-0.2, -0.15) is 0 Å². The molecule has 27 heavy (non-hydrogen) atoms. The number of para-hydroxylation sites is 1. The minimum atomic E-state index is 0.659. The van der Waals surface area contributed by atoms with E-state index < -0.39 is 0 Å². The van der Waals surface area contributed by atoms with Crippen LogP contribution in [0, 0.1) is 0 Å². The van der Waals surface area contributed by atoms with Crippen LogP contribution in [0.5, 0.6) is 5.75 Å². The number of aromatic nitrogens is 3. The average Bonchev–Trinajstić information content (AvgIpc) is 2.92. The molecular weight excluding hydrogens is 340 g/mol. The molecule has 2 heterocycles. The fourth-order valence-corrected chi connectivity index (χ4v) is 3.37. The molecule has 0 atom stereocenters. The Morgan fingerprint density at radius 2 is 2.07 bits per heavy atom. The van der Waals surface area contributed by atoms with Crippen molar-refractivity contribution < 1.29 is 4.74 Å². The Hall–Kier alpha value is -2.57. The van der Waals surface area contributed by atoms with Gasteiger partial charge >= 0.3 is 0 Å². The topological polar surface area (TPSA) is 76.4 Å². The van der Waals surface area contributed by atoms with Crippen LogP contribution in [-0.2, 0) is 25.9 Å². The molecule has 0 aliphatic carbocycles. The Morgan fingerprint density at radius 3 is 2.93 bits per heavy atom. The maximum atomic E-state index is 5.68. The van der Waals surface area contributed by atoms with E-state index >= 15 is 0 Å². The Kier molecular flexibility index (Phi) is 7.07. The number of fused-ring (bicyclic) bond motifs is 1. The van der Waals surface area contributed by atoms with Crippen molar-refractivity contribution in [3.8, 4) is 5.75 Å². The van der Waals surface area contributed by atoms with Gasteiger partial charge < -0.3 is 19.9 Å². The maximum absolute atomic E-state index is 5.68. The molecule has 0 bridgehead atoms. The smallest absolute Gasteiger partial charge is 0.191 e. The molecule has 0 unspecified atom stereocenters. The lowest BCUT2D eigenvalue weighted by atomic mass is 10.2. The SMILES string of the molecule is CCOc1ccccc1CNC(=NC)NCCc1nnc2n1CCCCC2. The van der Waals surface area contributed by atoms with Crippen molar-refractivity contribution in [3.05, 3.63) is 41.5 Å². The summed E-state index contributed by atoms with van der Waals surface area (Å²) >= 11 is 0. The second kappa shape index (κ2) is 9.94. The van der Waals surface area contributed by atoms with Crippen LogP contribution in [0.4, 0.5) is 0 Å². The zero-order valence-electron chi connectivity index (χ0n) is 16.4. The number of nitrogens with zero attached hydrogens (tertiary/aromatic N) is 4. The lowest BCUT2D eigenvalue weighted by molar-refractivity contribution is 0.336. The van der Waals surface area contributed by atoms with Gasteiger partial charge in [0, 0.05) is 45.1 Å². The molecule has 0 saturated heterocycles. The molecule has 2 aromatic rings. The number of nitrogens with one attached hydrogen (secondary N) is 2. The highest BCUT2D eigenvalue weighted by molar-refractivity contribution is 5.79. The summed E-state index contributed by atoms with van der Waals surface area (Å²) in [5.74, 6) is 3.89. The van der Waals surface area contributed by atoms with Gasteiger partial charge in [0.15, 0.2) is 5.96 Å². The van der Waals surface area contributed by atoms with Crippen LogP contribution < -0.4 is 15.4 Å². The number of ether oxygens (including phenoxy) is 1. The fraction of sp³-hybridized carbons (Fsp3) is 0.550. The number of hydrogen-bond donors (Lipinski definition) is 2. The molecular formula is C20H30N6O. The summed E-state index contributed by atoms with van der Waals surface area (Å²) in [5.41, 5.74) is 1.12. The van der Waals surface area contributed by atoms with E-state index in [-0.39, 0.29) is 0 Å². The highest BCUT2D eigenvalue weighted by Gasteiger charge is 2.14. The number of guanidine groups is 1. The molecule has 2 N–H and O–H groups in total. The minimum absolute atomic E-state index is 0.659. The van der Waals surface area contributed by atoms with E-state index in [4.69, 9.17) is 4.74 Å². The third-order valence-corrected chi connectivity index (χ3v) is 4.77. The Morgan fingerprint density at radius 1 is 1.19 bits per heavy atom. The van der Waals surface area contributed by atoms with Crippen molar-refractivity contribution in [2.24, 2.45) is 4.99 Å². The van der Waals surface area contributed by atoms with Gasteiger partial charge in [0.1, 0.15) is 17.4 Å². The first-order chi connectivity index (χ1) is 13.3. The van der Waals surface area contributed by atoms with Crippen molar-refractivity contribution in [1.82, 2.24) is 25.4 Å². The van der Waals surface area contributed by atoms with Gasteiger partial charge in [-0.15, -0.1) is 10.2 Å². The maximum Gasteiger partial charge on any atom is 0.191 e. The Labute approximate surface area is 161 Å². The van der Waals surface area contributed by atoms with Gasteiger partial charge in [-0.1, -0.05) is 24.6 Å². The molecule has 3 rings (SSSR count). The van der Waals surface area contributed by atoms with E-state index in [0.717, 1.165) is 54.9 Å². The van der Waals surface area contributed by atoms with Crippen molar-refractivity contribution >= 4 is 5.96 Å². The van der Waals surface area contributed by atoms with E-state index in [0.29, 0.717) is 13.2 Å². The molecule has 1 aromatic heterocycles. The largest absolute Gasteiger partial charge is 0.494 e. The molecule has 0 amide bonds. The summed E-state index contributed by atoms with van der Waals surface area (Å²) < 4.78 is 7.97. The van der Waals surface area contributed by atoms with Gasteiger partial charge in [-0.05, 0) is 25.8 Å².